The number of nitrogens with zero attached hydrogens (tertiary/aromatic N) is 2. The molecule has 0 bridgehead atoms. The fourth-order valence-corrected chi connectivity index (χ4v) is 1.78. The summed E-state index contributed by atoms with van der Waals surface area (Å²) < 4.78 is 5.16. The third-order valence-corrected chi connectivity index (χ3v) is 2.30. The number of aryl methyl sites for hydroxylation is 1. The monoisotopic (exact) mass is 225 g/mol. The number of aromatic nitrogens is 2. The smallest absolute Gasteiger partial charge is 0.228 e. The summed E-state index contributed by atoms with van der Waals surface area (Å²) in [5, 5.41) is 3.91. The molecule has 0 aliphatic carbocycles. The molecule has 4 nitrogen and oxygen atoms in total. The van der Waals surface area contributed by atoms with E-state index < -0.39 is 0 Å². The molecule has 92 valence electrons. The maximum absolute atomic E-state index is 6.05. The lowest BCUT2D eigenvalue weighted by atomic mass is 9.87. The van der Waals surface area contributed by atoms with Crippen LogP contribution < -0.4 is 5.73 Å². The van der Waals surface area contributed by atoms with Crippen LogP contribution in [0.5, 0.6) is 0 Å². The Bertz CT molecular complexity index is 314. The van der Waals surface area contributed by atoms with Crippen molar-refractivity contribution in [1.82, 2.24) is 10.1 Å². The minimum Gasteiger partial charge on any atom is -0.339 e. The van der Waals surface area contributed by atoms with Crippen molar-refractivity contribution in [1.29, 1.82) is 0 Å². The molecule has 0 radical (unpaired) electrons. The Hall–Kier alpha value is -0.900. The standard InChI is InChI=1S/C12H23N3O/c1-5-6-10-14-11(16-15-10)7-9(13)8-12(2,3)4/h9H,5-8,13H2,1-4H3. The van der Waals surface area contributed by atoms with Crippen LogP contribution in [-0.2, 0) is 12.8 Å². The zero-order valence-corrected chi connectivity index (χ0v) is 10.8. The predicted molar refractivity (Wildman–Crippen MR) is 64.0 cm³/mol. The summed E-state index contributed by atoms with van der Waals surface area (Å²) in [5.41, 5.74) is 6.29. The first kappa shape index (κ1) is 13.2. The summed E-state index contributed by atoms with van der Waals surface area (Å²) >= 11 is 0. The number of hydrogen-bond acceptors (Lipinski definition) is 4. The summed E-state index contributed by atoms with van der Waals surface area (Å²) in [5.74, 6) is 1.46. The summed E-state index contributed by atoms with van der Waals surface area (Å²) in [7, 11) is 0. The van der Waals surface area contributed by atoms with E-state index in [0.717, 1.165) is 25.1 Å². The molecular formula is C12H23N3O. The van der Waals surface area contributed by atoms with Gasteiger partial charge >= 0.3 is 0 Å². The van der Waals surface area contributed by atoms with Gasteiger partial charge in [0.2, 0.25) is 5.89 Å². The van der Waals surface area contributed by atoms with Crippen LogP contribution in [0.3, 0.4) is 0 Å². The third-order valence-electron chi connectivity index (χ3n) is 2.30. The van der Waals surface area contributed by atoms with Gasteiger partial charge in [-0.15, -0.1) is 0 Å². The number of rotatable bonds is 5. The summed E-state index contributed by atoms with van der Waals surface area (Å²) in [6.07, 6.45) is 3.54. The normalized spacial score (nSPS) is 14.1. The van der Waals surface area contributed by atoms with E-state index in [-0.39, 0.29) is 11.5 Å². The second-order valence-corrected chi connectivity index (χ2v) is 5.58. The molecule has 0 aliphatic heterocycles. The van der Waals surface area contributed by atoms with Gasteiger partial charge in [-0.3, -0.25) is 0 Å². The van der Waals surface area contributed by atoms with E-state index in [9.17, 15) is 0 Å². The molecular weight excluding hydrogens is 202 g/mol. The summed E-state index contributed by atoms with van der Waals surface area (Å²) in [6, 6.07) is 0.0925. The first-order valence-electron chi connectivity index (χ1n) is 5.98. The maximum atomic E-state index is 6.05. The van der Waals surface area contributed by atoms with Crippen LogP contribution >= 0.6 is 0 Å². The van der Waals surface area contributed by atoms with Crippen molar-refractivity contribution < 1.29 is 4.52 Å². The van der Waals surface area contributed by atoms with Crippen LogP contribution in [0, 0.1) is 5.41 Å². The highest BCUT2D eigenvalue weighted by molar-refractivity contribution is 4.89. The van der Waals surface area contributed by atoms with Gasteiger partial charge in [0, 0.05) is 18.9 Å². The van der Waals surface area contributed by atoms with Crippen molar-refractivity contribution >= 4 is 0 Å². The lowest BCUT2D eigenvalue weighted by Crippen LogP contribution is -2.28. The zero-order chi connectivity index (χ0) is 12.2. The molecule has 0 amide bonds. The molecule has 2 N–H and O–H groups in total. The molecule has 0 saturated heterocycles. The van der Waals surface area contributed by atoms with Crippen molar-refractivity contribution in [2.75, 3.05) is 0 Å². The molecule has 0 saturated carbocycles. The molecule has 0 fully saturated rings. The molecule has 1 rings (SSSR count). The van der Waals surface area contributed by atoms with Crippen molar-refractivity contribution in [3.8, 4) is 0 Å². The van der Waals surface area contributed by atoms with Crippen LogP contribution in [0.25, 0.3) is 0 Å². The number of nitrogens with two attached hydrogens (primary N) is 1. The molecule has 0 aliphatic rings. The van der Waals surface area contributed by atoms with E-state index in [1.165, 1.54) is 0 Å². The van der Waals surface area contributed by atoms with Gasteiger partial charge < -0.3 is 10.3 Å². The second kappa shape index (κ2) is 5.43. The van der Waals surface area contributed by atoms with Crippen molar-refractivity contribution in [3.05, 3.63) is 11.7 Å². The van der Waals surface area contributed by atoms with Gasteiger partial charge in [0.15, 0.2) is 5.82 Å². The zero-order valence-electron chi connectivity index (χ0n) is 10.8. The Labute approximate surface area is 97.6 Å². The van der Waals surface area contributed by atoms with Gasteiger partial charge in [0.25, 0.3) is 0 Å². The average molecular weight is 225 g/mol. The fourth-order valence-electron chi connectivity index (χ4n) is 1.78. The second-order valence-electron chi connectivity index (χ2n) is 5.58. The largest absolute Gasteiger partial charge is 0.339 e. The molecule has 16 heavy (non-hydrogen) atoms. The number of hydrogen-bond donors (Lipinski definition) is 1. The molecule has 4 heteroatoms. The van der Waals surface area contributed by atoms with Crippen molar-refractivity contribution in [2.45, 2.75) is 59.4 Å². The van der Waals surface area contributed by atoms with Gasteiger partial charge in [0.05, 0.1) is 0 Å². The van der Waals surface area contributed by atoms with Crippen LogP contribution in [0.1, 0.15) is 52.3 Å². The third kappa shape index (κ3) is 4.75. The molecule has 0 aromatic carbocycles. The molecule has 0 spiro atoms. The van der Waals surface area contributed by atoms with E-state index >= 15 is 0 Å². The predicted octanol–water partition coefficient (Wildman–Crippen LogP) is 2.33. The van der Waals surface area contributed by atoms with E-state index in [1.807, 2.05) is 0 Å². The minimum absolute atomic E-state index is 0.0925. The topological polar surface area (TPSA) is 64.9 Å². The van der Waals surface area contributed by atoms with E-state index in [1.54, 1.807) is 0 Å². The minimum atomic E-state index is 0.0925. The average Bonchev–Trinajstić information content (AvgIpc) is 2.49. The Morgan fingerprint density at radius 1 is 1.38 bits per heavy atom. The van der Waals surface area contributed by atoms with E-state index in [2.05, 4.69) is 37.8 Å². The Morgan fingerprint density at radius 2 is 2.06 bits per heavy atom. The Balaban J connectivity index is 2.46. The van der Waals surface area contributed by atoms with Crippen molar-refractivity contribution in [3.63, 3.8) is 0 Å². The first-order chi connectivity index (χ1) is 7.40. The lowest BCUT2D eigenvalue weighted by molar-refractivity contribution is 0.312. The highest BCUT2D eigenvalue weighted by atomic mass is 16.5. The lowest BCUT2D eigenvalue weighted by Gasteiger charge is -2.21. The molecule has 1 aromatic heterocycles. The van der Waals surface area contributed by atoms with E-state index in [0.29, 0.717) is 12.3 Å². The highest BCUT2D eigenvalue weighted by Gasteiger charge is 2.18. The van der Waals surface area contributed by atoms with Crippen LogP contribution in [0.4, 0.5) is 0 Å². The van der Waals surface area contributed by atoms with Gasteiger partial charge in [-0.05, 0) is 18.3 Å². The summed E-state index contributed by atoms with van der Waals surface area (Å²) in [4.78, 5) is 4.31. The maximum Gasteiger partial charge on any atom is 0.228 e. The highest BCUT2D eigenvalue weighted by Crippen LogP contribution is 2.21. The van der Waals surface area contributed by atoms with Crippen LogP contribution in [0.15, 0.2) is 4.52 Å². The summed E-state index contributed by atoms with van der Waals surface area (Å²) in [6.45, 7) is 8.65. The molecule has 1 heterocycles. The van der Waals surface area contributed by atoms with Gasteiger partial charge in [0.1, 0.15) is 0 Å². The van der Waals surface area contributed by atoms with Crippen LogP contribution in [-0.4, -0.2) is 16.2 Å². The molecule has 1 aromatic rings. The quantitative estimate of drug-likeness (QED) is 0.835. The van der Waals surface area contributed by atoms with Gasteiger partial charge in [-0.2, -0.15) is 4.98 Å². The van der Waals surface area contributed by atoms with E-state index in [4.69, 9.17) is 10.3 Å². The molecule has 1 atom stereocenters. The Morgan fingerprint density at radius 3 is 2.62 bits per heavy atom. The van der Waals surface area contributed by atoms with Gasteiger partial charge in [-0.1, -0.05) is 32.9 Å². The van der Waals surface area contributed by atoms with Gasteiger partial charge in [-0.25, -0.2) is 0 Å². The first-order valence-corrected chi connectivity index (χ1v) is 5.98. The van der Waals surface area contributed by atoms with Crippen LogP contribution in [0.2, 0.25) is 0 Å². The van der Waals surface area contributed by atoms with Crippen molar-refractivity contribution in [2.24, 2.45) is 11.1 Å². The fraction of sp³-hybridized carbons (Fsp3) is 0.833. The Kier molecular flexibility index (Phi) is 4.47. The molecule has 1 unspecified atom stereocenters. The SMILES string of the molecule is CCCc1noc(CC(N)CC(C)(C)C)n1.